The summed E-state index contributed by atoms with van der Waals surface area (Å²) < 4.78 is 13.3. The van der Waals surface area contributed by atoms with Crippen molar-refractivity contribution in [1.29, 1.82) is 0 Å². The van der Waals surface area contributed by atoms with E-state index >= 15 is 0 Å². The molecule has 0 aliphatic heterocycles. The number of benzene rings is 2. The predicted molar refractivity (Wildman–Crippen MR) is 71.4 cm³/mol. The molecular weight excluding hydrogens is 281 g/mol. The number of alkyl halides is 1. The fourth-order valence-electron chi connectivity index (χ4n) is 1.58. The van der Waals surface area contributed by atoms with E-state index in [1.807, 2.05) is 0 Å². The third-order valence-electron chi connectivity index (χ3n) is 2.39. The van der Waals surface area contributed by atoms with Gasteiger partial charge in [-0.2, -0.15) is 0 Å². The summed E-state index contributed by atoms with van der Waals surface area (Å²) in [6, 6.07) is 9.97. The molecule has 0 radical (unpaired) electrons. The van der Waals surface area contributed by atoms with E-state index in [2.05, 4.69) is 0 Å². The average Bonchev–Trinajstić information content (AvgIpc) is 2.28. The van der Waals surface area contributed by atoms with E-state index in [9.17, 15) is 4.39 Å². The second kappa shape index (κ2) is 5.26. The molecule has 4 heteroatoms. The third kappa shape index (κ3) is 2.92. The summed E-state index contributed by atoms with van der Waals surface area (Å²) >= 11 is 17.5. The van der Waals surface area contributed by atoms with Gasteiger partial charge < -0.3 is 0 Å². The van der Waals surface area contributed by atoms with Crippen LogP contribution in [0.3, 0.4) is 0 Å². The summed E-state index contributed by atoms with van der Waals surface area (Å²) in [7, 11) is 0. The zero-order chi connectivity index (χ0) is 12.4. The van der Waals surface area contributed by atoms with Crippen molar-refractivity contribution >= 4 is 34.8 Å². The van der Waals surface area contributed by atoms with E-state index in [0.717, 1.165) is 11.1 Å². The molecule has 0 aromatic heterocycles. The lowest BCUT2D eigenvalue weighted by Gasteiger charge is -2.06. The Balaban J connectivity index is 2.52. The summed E-state index contributed by atoms with van der Waals surface area (Å²) in [5, 5.41) is 1.09. The molecule has 0 spiro atoms. The number of hydrogen-bond acceptors (Lipinski definition) is 0. The molecule has 0 N–H and O–H groups in total. The van der Waals surface area contributed by atoms with E-state index in [0.29, 0.717) is 15.6 Å². The molecule has 0 saturated carbocycles. The van der Waals surface area contributed by atoms with Crippen LogP contribution in [-0.2, 0) is 5.88 Å². The van der Waals surface area contributed by atoms with Crippen LogP contribution in [-0.4, -0.2) is 0 Å². The van der Waals surface area contributed by atoms with Gasteiger partial charge in [0.05, 0.1) is 5.88 Å². The van der Waals surface area contributed by atoms with Gasteiger partial charge in [0.15, 0.2) is 0 Å². The van der Waals surface area contributed by atoms with Gasteiger partial charge in [0.2, 0.25) is 0 Å². The van der Waals surface area contributed by atoms with Crippen LogP contribution < -0.4 is 0 Å². The molecule has 17 heavy (non-hydrogen) atoms. The van der Waals surface area contributed by atoms with Crippen molar-refractivity contribution in [3.8, 4) is 11.1 Å². The average molecular weight is 290 g/mol. The lowest BCUT2D eigenvalue weighted by molar-refractivity contribution is 0.617. The second-order valence-corrected chi connectivity index (χ2v) is 4.74. The maximum atomic E-state index is 13.3. The molecule has 0 bridgehead atoms. The molecule has 0 heterocycles. The Labute approximate surface area is 114 Å². The van der Waals surface area contributed by atoms with Crippen LogP contribution >= 0.6 is 34.8 Å². The minimum atomic E-state index is -0.308. The van der Waals surface area contributed by atoms with Crippen molar-refractivity contribution in [2.24, 2.45) is 0 Å². The zero-order valence-corrected chi connectivity index (χ0v) is 11.0. The molecule has 0 amide bonds. The molecule has 0 aliphatic carbocycles. The number of rotatable bonds is 2. The molecule has 0 unspecified atom stereocenters. The molecule has 2 rings (SSSR count). The Morgan fingerprint density at radius 1 is 0.882 bits per heavy atom. The molecule has 2 aromatic rings. The Bertz CT molecular complexity index is 532. The van der Waals surface area contributed by atoms with Crippen molar-refractivity contribution in [2.75, 3.05) is 0 Å². The van der Waals surface area contributed by atoms with Gasteiger partial charge in [0.1, 0.15) is 5.82 Å². The van der Waals surface area contributed by atoms with Crippen molar-refractivity contribution in [3.63, 3.8) is 0 Å². The maximum Gasteiger partial charge on any atom is 0.127 e. The van der Waals surface area contributed by atoms with E-state index in [-0.39, 0.29) is 11.7 Å². The summed E-state index contributed by atoms with van der Waals surface area (Å²) in [6.07, 6.45) is 0. The minimum Gasteiger partial charge on any atom is -0.207 e. The monoisotopic (exact) mass is 288 g/mol. The largest absolute Gasteiger partial charge is 0.207 e. The van der Waals surface area contributed by atoms with Crippen LogP contribution in [0, 0.1) is 5.82 Å². The molecule has 88 valence electrons. The topological polar surface area (TPSA) is 0 Å². The highest BCUT2D eigenvalue weighted by atomic mass is 35.5. The maximum absolute atomic E-state index is 13.3. The molecule has 2 aromatic carbocycles. The first-order valence-electron chi connectivity index (χ1n) is 4.91. The van der Waals surface area contributed by atoms with Gasteiger partial charge in [-0.05, 0) is 41.5 Å². The molecule has 0 saturated heterocycles. The standard InChI is InChI=1S/C13H8Cl3F/c14-7-10-3-8(1-2-13(10)17)9-4-11(15)6-12(16)5-9/h1-6H,7H2. The highest BCUT2D eigenvalue weighted by molar-refractivity contribution is 6.35. The van der Waals surface area contributed by atoms with Gasteiger partial charge in [0.25, 0.3) is 0 Å². The van der Waals surface area contributed by atoms with Gasteiger partial charge in [-0.15, -0.1) is 11.6 Å². The lowest BCUT2D eigenvalue weighted by Crippen LogP contribution is -1.87. The smallest absolute Gasteiger partial charge is 0.127 e. The zero-order valence-electron chi connectivity index (χ0n) is 8.68. The van der Waals surface area contributed by atoms with E-state index in [1.165, 1.54) is 6.07 Å². The third-order valence-corrected chi connectivity index (χ3v) is 3.11. The van der Waals surface area contributed by atoms with Crippen LogP contribution in [0.5, 0.6) is 0 Å². The van der Waals surface area contributed by atoms with E-state index in [1.54, 1.807) is 30.3 Å². The minimum absolute atomic E-state index is 0.133. The Kier molecular flexibility index (Phi) is 3.93. The Morgan fingerprint density at radius 2 is 1.53 bits per heavy atom. The summed E-state index contributed by atoms with van der Waals surface area (Å²) in [4.78, 5) is 0. The first-order chi connectivity index (χ1) is 8.10. The Morgan fingerprint density at radius 3 is 2.12 bits per heavy atom. The first-order valence-corrected chi connectivity index (χ1v) is 6.20. The SMILES string of the molecule is Fc1ccc(-c2cc(Cl)cc(Cl)c2)cc1CCl. The quantitative estimate of drug-likeness (QED) is 0.637. The predicted octanol–water partition coefficient (Wildman–Crippen LogP) is 5.54. The van der Waals surface area contributed by atoms with Crippen LogP contribution in [0.2, 0.25) is 10.0 Å². The van der Waals surface area contributed by atoms with E-state index < -0.39 is 0 Å². The summed E-state index contributed by atoms with van der Waals surface area (Å²) in [5.41, 5.74) is 2.14. The number of halogens is 4. The first kappa shape index (κ1) is 12.7. The van der Waals surface area contributed by atoms with Gasteiger partial charge >= 0.3 is 0 Å². The van der Waals surface area contributed by atoms with Crippen LogP contribution in [0.25, 0.3) is 11.1 Å². The second-order valence-electron chi connectivity index (χ2n) is 3.60. The normalized spacial score (nSPS) is 10.6. The fourth-order valence-corrected chi connectivity index (χ4v) is 2.31. The van der Waals surface area contributed by atoms with Gasteiger partial charge in [-0.25, -0.2) is 4.39 Å². The van der Waals surface area contributed by atoms with Crippen LogP contribution in [0.1, 0.15) is 5.56 Å². The fraction of sp³-hybridized carbons (Fsp3) is 0.0769. The molecule has 0 aliphatic rings. The van der Waals surface area contributed by atoms with Crippen molar-refractivity contribution in [2.45, 2.75) is 5.88 Å². The molecule has 0 atom stereocenters. The summed E-state index contributed by atoms with van der Waals surface area (Å²) in [6.45, 7) is 0. The highest BCUT2D eigenvalue weighted by Crippen LogP contribution is 2.28. The van der Waals surface area contributed by atoms with Crippen molar-refractivity contribution in [1.82, 2.24) is 0 Å². The summed E-state index contributed by atoms with van der Waals surface area (Å²) in [5.74, 6) is -0.176. The molecular formula is C13H8Cl3F. The van der Waals surface area contributed by atoms with Gasteiger partial charge in [-0.3, -0.25) is 0 Å². The van der Waals surface area contributed by atoms with Gasteiger partial charge in [-0.1, -0.05) is 29.3 Å². The lowest BCUT2D eigenvalue weighted by atomic mass is 10.0. The van der Waals surface area contributed by atoms with E-state index in [4.69, 9.17) is 34.8 Å². The van der Waals surface area contributed by atoms with Crippen LogP contribution in [0.15, 0.2) is 36.4 Å². The van der Waals surface area contributed by atoms with Crippen molar-refractivity contribution in [3.05, 3.63) is 57.8 Å². The number of hydrogen-bond donors (Lipinski definition) is 0. The highest BCUT2D eigenvalue weighted by Gasteiger charge is 2.06. The molecule has 0 nitrogen and oxygen atoms in total. The van der Waals surface area contributed by atoms with Crippen LogP contribution in [0.4, 0.5) is 4.39 Å². The van der Waals surface area contributed by atoms with Crippen molar-refractivity contribution < 1.29 is 4.39 Å². The Hall–Kier alpha value is -0.760. The molecule has 0 fully saturated rings. The van der Waals surface area contributed by atoms with Gasteiger partial charge in [0, 0.05) is 15.6 Å².